The van der Waals surface area contributed by atoms with E-state index in [-0.39, 0.29) is 11.0 Å². The molecular weight excluding hydrogens is 122 g/mol. The first-order valence-corrected chi connectivity index (χ1v) is 3.80. The van der Waals surface area contributed by atoms with Gasteiger partial charge >= 0.3 is 0 Å². The number of nitrogens with two attached hydrogens (primary N) is 1. The molecule has 0 saturated heterocycles. The zero-order valence-electron chi connectivity index (χ0n) is 7.57. The Bertz CT molecular complexity index is 123. The standard InChI is InChI=1S/C9H19N/c1-6-8(3,4)9(5,10)7-2/h6H,1,7,10H2,2-5H3. The van der Waals surface area contributed by atoms with Gasteiger partial charge in [0, 0.05) is 5.54 Å². The van der Waals surface area contributed by atoms with Gasteiger partial charge in [-0.05, 0) is 18.8 Å². The lowest BCUT2D eigenvalue weighted by atomic mass is 9.73. The molecule has 0 aliphatic heterocycles. The predicted molar refractivity (Wildman–Crippen MR) is 46.9 cm³/mol. The Balaban J connectivity index is 4.43. The Hall–Kier alpha value is -0.300. The van der Waals surface area contributed by atoms with Crippen LogP contribution in [0.3, 0.4) is 0 Å². The summed E-state index contributed by atoms with van der Waals surface area (Å²) < 4.78 is 0. The van der Waals surface area contributed by atoms with Crippen LogP contribution in [0.15, 0.2) is 12.7 Å². The zero-order valence-corrected chi connectivity index (χ0v) is 7.57. The van der Waals surface area contributed by atoms with Crippen molar-refractivity contribution in [1.29, 1.82) is 0 Å². The molecule has 0 aromatic carbocycles. The summed E-state index contributed by atoms with van der Waals surface area (Å²) in [5.41, 5.74) is 5.93. The molecule has 0 spiro atoms. The molecule has 1 atom stereocenters. The molecule has 0 aliphatic carbocycles. The SMILES string of the molecule is C=CC(C)(C)C(C)(N)CC. The van der Waals surface area contributed by atoms with Crippen molar-refractivity contribution >= 4 is 0 Å². The highest BCUT2D eigenvalue weighted by molar-refractivity contribution is 5.03. The van der Waals surface area contributed by atoms with Crippen LogP contribution in [0.2, 0.25) is 0 Å². The Labute approximate surface area is 64.3 Å². The maximum Gasteiger partial charge on any atom is 0.0209 e. The smallest absolute Gasteiger partial charge is 0.0209 e. The van der Waals surface area contributed by atoms with Crippen LogP contribution in [0.1, 0.15) is 34.1 Å². The van der Waals surface area contributed by atoms with Crippen LogP contribution < -0.4 is 5.73 Å². The lowest BCUT2D eigenvalue weighted by molar-refractivity contribution is 0.240. The van der Waals surface area contributed by atoms with Crippen LogP contribution in [0.25, 0.3) is 0 Å². The number of hydrogen-bond acceptors (Lipinski definition) is 1. The summed E-state index contributed by atoms with van der Waals surface area (Å²) in [5, 5.41) is 0. The summed E-state index contributed by atoms with van der Waals surface area (Å²) in [6, 6.07) is 0. The van der Waals surface area contributed by atoms with Gasteiger partial charge in [-0.15, -0.1) is 6.58 Å². The third-order valence-corrected chi connectivity index (χ3v) is 2.72. The molecule has 0 fully saturated rings. The molecule has 0 rings (SSSR count). The van der Waals surface area contributed by atoms with Crippen LogP contribution in [-0.4, -0.2) is 5.54 Å². The molecule has 1 unspecified atom stereocenters. The van der Waals surface area contributed by atoms with Crippen LogP contribution in [-0.2, 0) is 0 Å². The Morgan fingerprint density at radius 1 is 1.40 bits per heavy atom. The minimum Gasteiger partial charge on any atom is -0.325 e. The van der Waals surface area contributed by atoms with E-state index in [4.69, 9.17) is 5.73 Å². The van der Waals surface area contributed by atoms with E-state index in [1.54, 1.807) is 0 Å². The summed E-state index contributed by atoms with van der Waals surface area (Å²) in [7, 11) is 0. The van der Waals surface area contributed by atoms with Gasteiger partial charge in [0.2, 0.25) is 0 Å². The molecule has 0 aliphatic rings. The second-order valence-corrected chi connectivity index (χ2v) is 3.70. The van der Waals surface area contributed by atoms with E-state index in [1.807, 2.05) is 6.08 Å². The second kappa shape index (κ2) is 2.75. The number of rotatable bonds is 3. The fourth-order valence-electron chi connectivity index (χ4n) is 0.689. The Morgan fingerprint density at radius 3 is 1.90 bits per heavy atom. The van der Waals surface area contributed by atoms with Crippen molar-refractivity contribution in [3.8, 4) is 0 Å². The van der Waals surface area contributed by atoms with E-state index in [9.17, 15) is 0 Å². The van der Waals surface area contributed by atoms with Crippen molar-refractivity contribution in [2.75, 3.05) is 0 Å². The Morgan fingerprint density at radius 2 is 1.80 bits per heavy atom. The minimum atomic E-state index is -0.130. The molecule has 0 bridgehead atoms. The van der Waals surface area contributed by atoms with Crippen molar-refractivity contribution in [2.24, 2.45) is 11.1 Å². The average Bonchev–Trinajstić information content (AvgIpc) is 1.88. The van der Waals surface area contributed by atoms with Crippen LogP contribution in [0.5, 0.6) is 0 Å². The third kappa shape index (κ3) is 1.60. The van der Waals surface area contributed by atoms with Crippen molar-refractivity contribution < 1.29 is 0 Å². The van der Waals surface area contributed by atoms with Crippen molar-refractivity contribution in [1.82, 2.24) is 0 Å². The summed E-state index contributed by atoms with van der Waals surface area (Å²) in [5.74, 6) is 0. The second-order valence-electron chi connectivity index (χ2n) is 3.70. The molecule has 0 aromatic heterocycles. The van der Waals surface area contributed by atoms with Gasteiger partial charge in [-0.2, -0.15) is 0 Å². The molecule has 2 N–H and O–H groups in total. The van der Waals surface area contributed by atoms with E-state index >= 15 is 0 Å². The van der Waals surface area contributed by atoms with Gasteiger partial charge in [0.15, 0.2) is 0 Å². The van der Waals surface area contributed by atoms with Gasteiger partial charge in [-0.3, -0.25) is 0 Å². The molecule has 10 heavy (non-hydrogen) atoms. The van der Waals surface area contributed by atoms with Crippen LogP contribution >= 0.6 is 0 Å². The van der Waals surface area contributed by atoms with Gasteiger partial charge in [0.25, 0.3) is 0 Å². The molecule has 0 saturated carbocycles. The molecule has 60 valence electrons. The minimum absolute atomic E-state index is 0.0295. The van der Waals surface area contributed by atoms with E-state index < -0.39 is 0 Å². The van der Waals surface area contributed by atoms with E-state index in [1.165, 1.54) is 0 Å². The normalized spacial score (nSPS) is 18.1. The zero-order chi connectivity index (χ0) is 8.41. The molecular formula is C9H19N. The van der Waals surface area contributed by atoms with E-state index in [0.29, 0.717) is 0 Å². The van der Waals surface area contributed by atoms with Crippen LogP contribution in [0.4, 0.5) is 0 Å². The highest BCUT2D eigenvalue weighted by Crippen LogP contribution is 2.31. The molecule has 0 amide bonds. The quantitative estimate of drug-likeness (QED) is 0.600. The summed E-state index contributed by atoms with van der Waals surface area (Å²) >= 11 is 0. The van der Waals surface area contributed by atoms with Crippen molar-refractivity contribution in [2.45, 2.75) is 39.7 Å². The van der Waals surface area contributed by atoms with Gasteiger partial charge in [-0.1, -0.05) is 26.8 Å². The Kier molecular flexibility index (Phi) is 2.67. The van der Waals surface area contributed by atoms with Crippen LogP contribution in [0, 0.1) is 5.41 Å². The average molecular weight is 141 g/mol. The third-order valence-electron chi connectivity index (χ3n) is 2.72. The maximum absolute atomic E-state index is 6.03. The first kappa shape index (κ1) is 9.70. The molecule has 0 radical (unpaired) electrons. The monoisotopic (exact) mass is 141 g/mol. The van der Waals surface area contributed by atoms with E-state index in [0.717, 1.165) is 6.42 Å². The van der Waals surface area contributed by atoms with Gasteiger partial charge in [0.1, 0.15) is 0 Å². The largest absolute Gasteiger partial charge is 0.325 e. The molecule has 1 nitrogen and oxygen atoms in total. The first-order valence-electron chi connectivity index (χ1n) is 3.80. The molecule has 0 aromatic rings. The maximum atomic E-state index is 6.03. The molecule has 1 heteroatoms. The predicted octanol–water partition coefficient (Wildman–Crippen LogP) is 2.33. The summed E-state index contributed by atoms with van der Waals surface area (Å²) in [6.45, 7) is 12.2. The van der Waals surface area contributed by atoms with Gasteiger partial charge in [0.05, 0.1) is 0 Å². The molecule has 0 heterocycles. The van der Waals surface area contributed by atoms with Gasteiger partial charge in [-0.25, -0.2) is 0 Å². The lowest BCUT2D eigenvalue weighted by Gasteiger charge is -2.38. The fourth-order valence-corrected chi connectivity index (χ4v) is 0.689. The highest BCUT2D eigenvalue weighted by Gasteiger charge is 2.32. The summed E-state index contributed by atoms with van der Waals surface area (Å²) in [4.78, 5) is 0. The van der Waals surface area contributed by atoms with Gasteiger partial charge < -0.3 is 5.73 Å². The summed E-state index contributed by atoms with van der Waals surface area (Å²) in [6.07, 6.45) is 2.91. The fraction of sp³-hybridized carbons (Fsp3) is 0.778. The number of hydrogen-bond donors (Lipinski definition) is 1. The first-order chi connectivity index (χ1) is 4.37. The highest BCUT2D eigenvalue weighted by atomic mass is 14.8. The van der Waals surface area contributed by atoms with E-state index in [2.05, 4.69) is 34.3 Å². The van der Waals surface area contributed by atoms with Crippen molar-refractivity contribution in [3.63, 3.8) is 0 Å². The lowest BCUT2D eigenvalue weighted by Crippen LogP contribution is -2.48. The topological polar surface area (TPSA) is 26.0 Å². The van der Waals surface area contributed by atoms with Crippen molar-refractivity contribution in [3.05, 3.63) is 12.7 Å².